The van der Waals surface area contributed by atoms with Crippen LogP contribution in [0.4, 0.5) is 13.2 Å². The summed E-state index contributed by atoms with van der Waals surface area (Å²) in [6.07, 6.45) is -4.34. The van der Waals surface area contributed by atoms with Gasteiger partial charge in [-0.1, -0.05) is 5.16 Å². The zero-order valence-electron chi connectivity index (χ0n) is 10.2. The van der Waals surface area contributed by atoms with Gasteiger partial charge in [-0.05, 0) is 0 Å². The van der Waals surface area contributed by atoms with Gasteiger partial charge in [0.1, 0.15) is 13.2 Å². The van der Waals surface area contributed by atoms with E-state index in [2.05, 4.69) is 19.6 Å². The first-order valence-electron chi connectivity index (χ1n) is 5.37. The lowest BCUT2D eigenvalue weighted by Gasteiger charge is -2.05. The molecule has 0 radical (unpaired) electrons. The number of halogens is 3. The Morgan fingerprint density at radius 2 is 2.16 bits per heavy atom. The zero-order chi connectivity index (χ0) is 14.3. The van der Waals surface area contributed by atoms with Crippen LogP contribution in [0.3, 0.4) is 0 Å². The SMILES string of the molecule is COCC(=O)Cc1nc(CCOCC(F)(F)F)no1. The van der Waals surface area contributed by atoms with E-state index < -0.39 is 12.8 Å². The fourth-order valence-electron chi connectivity index (χ4n) is 1.20. The van der Waals surface area contributed by atoms with Crippen LogP contribution in [0.2, 0.25) is 0 Å². The molecule has 0 fully saturated rings. The molecule has 0 saturated carbocycles. The highest BCUT2D eigenvalue weighted by molar-refractivity contribution is 5.81. The van der Waals surface area contributed by atoms with E-state index in [-0.39, 0.29) is 43.6 Å². The molecule has 0 unspecified atom stereocenters. The Balaban J connectivity index is 2.29. The van der Waals surface area contributed by atoms with E-state index in [1.807, 2.05) is 0 Å². The van der Waals surface area contributed by atoms with Crippen LogP contribution in [0.15, 0.2) is 4.52 Å². The Kier molecular flexibility index (Phi) is 5.90. The van der Waals surface area contributed by atoms with Crippen LogP contribution >= 0.6 is 0 Å². The number of methoxy groups -OCH3 is 1. The van der Waals surface area contributed by atoms with E-state index in [0.29, 0.717) is 0 Å². The van der Waals surface area contributed by atoms with Crippen molar-refractivity contribution in [3.63, 3.8) is 0 Å². The summed E-state index contributed by atoms with van der Waals surface area (Å²) in [5.41, 5.74) is 0. The summed E-state index contributed by atoms with van der Waals surface area (Å²) < 4.78 is 49.1. The first-order valence-corrected chi connectivity index (χ1v) is 5.37. The number of carbonyl (C=O) groups excluding carboxylic acids is 1. The van der Waals surface area contributed by atoms with E-state index in [1.165, 1.54) is 7.11 Å². The molecule has 19 heavy (non-hydrogen) atoms. The van der Waals surface area contributed by atoms with Crippen molar-refractivity contribution in [1.29, 1.82) is 0 Å². The van der Waals surface area contributed by atoms with Gasteiger partial charge in [0.05, 0.1) is 13.0 Å². The lowest BCUT2D eigenvalue weighted by atomic mass is 10.3. The highest BCUT2D eigenvalue weighted by Gasteiger charge is 2.27. The fourth-order valence-corrected chi connectivity index (χ4v) is 1.20. The minimum absolute atomic E-state index is 0.0631. The molecule has 0 saturated heterocycles. The second kappa shape index (κ2) is 7.19. The Hall–Kier alpha value is -1.48. The van der Waals surface area contributed by atoms with Crippen molar-refractivity contribution in [2.24, 2.45) is 0 Å². The van der Waals surface area contributed by atoms with Gasteiger partial charge in [0.15, 0.2) is 11.6 Å². The van der Waals surface area contributed by atoms with E-state index in [9.17, 15) is 18.0 Å². The number of Topliss-reactive ketones (excluding diaryl/α,β-unsaturated/α-hetero) is 1. The number of ketones is 1. The summed E-state index contributed by atoms with van der Waals surface area (Å²) in [6, 6.07) is 0. The summed E-state index contributed by atoms with van der Waals surface area (Å²) in [4.78, 5) is 15.0. The summed E-state index contributed by atoms with van der Waals surface area (Å²) >= 11 is 0. The molecule has 1 aromatic heterocycles. The predicted molar refractivity (Wildman–Crippen MR) is 55.5 cm³/mol. The standard InChI is InChI=1S/C10H13F3N2O4/c1-17-5-7(16)4-9-14-8(15-19-9)2-3-18-6-10(11,12)13/h2-6H2,1H3. The molecule has 0 aliphatic heterocycles. The average molecular weight is 282 g/mol. The molecule has 1 rings (SSSR count). The number of carbonyl (C=O) groups is 1. The molecule has 0 atom stereocenters. The van der Waals surface area contributed by atoms with Gasteiger partial charge in [-0.2, -0.15) is 18.2 Å². The number of ether oxygens (including phenoxy) is 2. The quantitative estimate of drug-likeness (QED) is 0.661. The number of hydrogen-bond donors (Lipinski definition) is 0. The van der Waals surface area contributed by atoms with Crippen molar-refractivity contribution >= 4 is 5.78 Å². The van der Waals surface area contributed by atoms with Crippen molar-refractivity contribution in [1.82, 2.24) is 10.1 Å². The minimum atomic E-state index is -4.35. The van der Waals surface area contributed by atoms with Crippen LogP contribution < -0.4 is 0 Å². The Morgan fingerprint density at radius 1 is 1.42 bits per heavy atom. The van der Waals surface area contributed by atoms with Crippen LogP contribution in [0.5, 0.6) is 0 Å². The topological polar surface area (TPSA) is 74.5 Å². The number of aromatic nitrogens is 2. The van der Waals surface area contributed by atoms with Gasteiger partial charge >= 0.3 is 6.18 Å². The Morgan fingerprint density at radius 3 is 2.79 bits per heavy atom. The first kappa shape index (κ1) is 15.6. The van der Waals surface area contributed by atoms with Gasteiger partial charge in [-0.25, -0.2) is 0 Å². The van der Waals surface area contributed by atoms with Crippen molar-refractivity contribution in [3.05, 3.63) is 11.7 Å². The fraction of sp³-hybridized carbons (Fsp3) is 0.700. The second-order valence-corrected chi connectivity index (χ2v) is 3.67. The van der Waals surface area contributed by atoms with Gasteiger partial charge in [0.25, 0.3) is 0 Å². The zero-order valence-corrected chi connectivity index (χ0v) is 10.2. The van der Waals surface area contributed by atoms with Gasteiger partial charge in [-0.3, -0.25) is 4.79 Å². The van der Waals surface area contributed by atoms with Crippen molar-refractivity contribution in [2.75, 3.05) is 26.9 Å². The Bertz CT molecular complexity index is 406. The molecule has 0 N–H and O–H groups in total. The van der Waals surface area contributed by atoms with E-state index in [4.69, 9.17) is 4.52 Å². The third kappa shape index (κ3) is 6.87. The van der Waals surface area contributed by atoms with E-state index >= 15 is 0 Å². The minimum Gasteiger partial charge on any atom is -0.377 e. The highest BCUT2D eigenvalue weighted by Crippen LogP contribution is 2.14. The average Bonchev–Trinajstić information content (AvgIpc) is 2.71. The van der Waals surface area contributed by atoms with Gasteiger partial charge in [0.2, 0.25) is 5.89 Å². The molecular weight excluding hydrogens is 269 g/mol. The second-order valence-electron chi connectivity index (χ2n) is 3.67. The van der Waals surface area contributed by atoms with Gasteiger partial charge < -0.3 is 14.0 Å². The predicted octanol–water partition coefficient (Wildman–Crippen LogP) is 0.949. The molecule has 1 heterocycles. The maximum atomic E-state index is 11.8. The highest BCUT2D eigenvalue weighted by atomic mass is 19.4. The molecule has 108 valence electrons. The Labute approximate surface area is 106 Å². The molecule has 6 nitrogen and oxygen atoms in total. The molecule has 0 spiro atoms. The molecule has 0 amide bonds. The molecule has 0 aromatic carbocycles. The molecule has 9 heteroatoms. The molecule has 1 aromatic rings. The summed E-state index contributed by atoms with van der Waals surface area (Å²) in [5, 5.41) is 3.52. The van der Waals surface area contributed by atoms with Crippen LogP contribution in [0, 0.1) is 0 Å². The third-order valence-electron chi connectivity index (χ3n) is 1.90. The van der Waals surface area contributed by atoms with Gasteiger partial charge in [-0.15, -0.1) is 0 Å². The number of rotatable bonds is 8. The third-order valence-corrected chi connectivity index (χ3v) is 1.90. The van der Waals surface area contributed by atoms with Crippen molar-refractivity contribution in [3.8, 4) is 0 Å². The number of nitrogens with zero attached hydrogens (tertiary/aromatic N) is 2. The van der Waals surface area contributed by atoms with Crippen LogP contribution in [0.1, 0.15) is 11.7 Å². The molecule has 0 aliphatic rings. The van der Waals surface area contributed by atoms with Gasteiger partial charge in [0, 0.05) is 13.5 Å². The monoisotopic (exact) mass is 282 g/mol. The van der Waals surface area contributed by atoms with Crippen LogP contribution in [0.25, 0.3) is 0 Å². The normalized spacial score (nSPS) is 11.8. The van der Waals surface area contributed by atoms with E-state index in [0.717, 1.165) is 0 Å². The summed E-state index contributed by atoms with van der Waals surface area (Å²) in [5.74, 6) is 0.0706. The van der Waals surface area contributed by atoms with Crippen LogP contribution in [-0.4, -0.2) is 49.0 Å². The lowest BCUT2D eigenvalue weighted by Crippen LogP contribution is -2.18. The van der Waals surface area contributed by atoms with Crippen molar-refractivity contribution in [2.45, 2.75) is 19.0 Å². The maximum absolute atomic E-state index is 11.8. The number of hydrogen-bond acceptors (Lipinski definition) is 6. The van der Waals surface area contributed by atoms with Crippen molar-refractivity contribution < 1.29 is 32.0 Å². The first-order chi connectivity index (χ1) is 8.90. The summed E-state index contributed by atoms with van der Waals surface area (Å²) in [6.45, 7) is -1.55. The largest absolute Gasteiger partial charge is 0.411 e. The molecule has 0 bridgehead atoms. The molecular formula is C10H13F3N2O4. The summed E-state index contributed by atoms with van der Waals surface area (Å²) in [7, 11) is 1.38. The smallest absolute Gasteiger partial charge is 0.377 e. The lowest BCUT2D eigenvalue weighted by molar-refractivity contribution is -0.173. The maximum Gasteiger partial charge on any atom is 0.411 e. The molecule has 0 aliphatic carbocycles. The van der Waals surface area contributed by atoms with Crippen LogP contribution in [-0.2, 0) is 27.1 Å². The number of alkyl halides is 3. The van der Waals surface area contributed by atoms with E-state index in [1.54, 1.807) is 0 Å².